The summed E-state index contributed by atoms with van der Waals surface area (Å²) in [6.07, 6.45) is 3.84. The molecule has 0 amide bonds. The van der Waals surface area contributed by atoms with Gasteiger partial charge in [-0.05, 0) is 25.8 Å². The normalized spacial score (nSPS) is 21.6. The zero-order valence-corrected chi connectivity index (χ0v) is 14.1. The van der Waals surface area contributed by atoms with Gasteiger partial charge >= 0.3 is 0 Å². The maximum atomic E-state index is 5.48. The van der Waals surface area contributed by atoms with E-state index in [2.05, 4.69) is 41.9 Å². The van der Waals surface area contributed by atoms with Crippen LogP contribution in [0.25, 0.3) is 0 Å². The first kappa shape index (κ1) is 15.3. The number of aromatic nitrogens is 5. The smallest absolute Gasteiger partial charge is 0.227 e. The summed E-state index contributed by atoms with van der Waals surface area (Å²) in [5, 5.41) is 12.0. The largest absolute Gasteiger partial charge is 0.381 e. The second-order valence-corrected chi connectivity index (χ2v) is 6.45. The fraction of sp³-hybridized carbons (Fsp3) is 0.625. The molecule has 8 heteroatoms. The third-order valence-electron chi connectivity index (χ3n) is 4.82. The minimum atomic E-state index is 0.295. The van der Waals surface area contributed by atoms with E-state index >= 15 is 0 Å². The van der Waals surface area contributed by atoms with Gasteiger partial charge in [-0.25, -0.2) is 4.98 Å². The quantitative estimate of drug-likeness (QED) is 0.915. The van der Waals surface area contributed by atoms with E-state index < -0.39 is 0 Å². The van der Waals surface area contributed by atoms with Crippen molar-refractivity contribution in [2.75, 3.05) is 37.0 Å². The Kier molecular flexibility index (Phi) is 4.05. The van der Waals surface area contributed by atoms with Crippen LogP contribution in [-0.4, -0.2) is 51.5 Å². The molecule has 0 spiro atoms. The van der Waals surface area contributed by atoms with Crippen LogP contribution in [0.2, 0.25) is 0 Å². The number of hydrogen-bond acceptors (Lipinski definition) is 7. The number of nitrogens with one attached hydrogen (secondary N) is 1. The highest BCUT2D eigenvalue weighted by Crippen LogP contribution is 2.31. The summed E-state index contributed by atoms with van der Waals surface area (Å²) < 4.78 is 7.79. The third kappa shape index (κ3) is 2.71. The monoisotopic (exact) mass is 329 g/mol. The summed E-state index contributed by atoms with van der Waals surface area (Å²) in [4.78, 5) is 11.1. The molecule has 0 saturated carbocycles. The minimum Gasteiger partial charge on any atom is -0.381 e. The van der Waals surface area contributed by atoms with Gasteiger partial charge in [0.1, 0.15) is 11.6 Å². The first-order valence-corrected chi connectivity index (χ1v) is 8.53. The summed E-state index contributed by atoms with van der Waals surface area (Å²) in [5.74, 6) is 4.12. The molecule has 0 radical (unpaired) electrons. The van der Waals surface area contributed by atoms with Gasteiger partial charge in [0.05, 0.1) is 12.6 Å². The number of fused-ring (bicyclic) bond motifs is 1. The van der Waals surface area contributed by atoms with Crippen LogP contribution < -0.4 is 10.2 Å². The molecule has 8 nitrogen and oxygen atoms in total. The zero-order valence-electron chi connectivity index (χ0n) is 14.1. The van der Waals surface area contributed by atoms with Crippen LogP contribution in [0.1, 0.15) is 43.4 Å². The van der Waals surface area contributed by atoms with E-state index in [-0.39, 0.29) is 0 Å². The van der Waals surface area contributed by atoms with Crippen LogP contribution in [0.4, 0.5) is 11.8 Å². The molecule has 1 fully saturated rings. The number of rotatable bonds is 3. The van der Waals surface area contributed by atoms with Crippen LogP contribution in [0, 0.1) is 0 Å². The molecule has 0 bridgehead atoms. The molecule has 0 aromatic carbocycles. The summed E-state index contributed by atoms with van der Waals surface area (Å²) in [6.45, 7) is 5.39. The lowest BCUT2D eigenvalue weighted by molar-refractivity contribution is 0.0823. The van der Waals surface area contributed by atoms with Crippen molar-refractivity contribution < 1.29 is 4.74 Å². The molecule has 1 N–H and O–H groups in total. The lowest BCUT2D eigenvalue weighted by Gasteiger charge is -2.34. The first-order chi connectivity index (χ1) is 11.8. The standard InChI is InChI=1S/C16H23N7O/c1-11-9-22(16-18-6-3-13(17-2)19-16)10-14-20-21-15(23(11)14)12-4-7-24-8-5-12/h3,6,11-12H,4-5,7-10H2,1-2H3,(H,17,18,19)/t11-/m0/s1. The van der Waals surface area contributed by atoms with Gasteiger partial charge < -0.3 is 19.5 Å². The average Bonchev–Trinajstić information content (AvgIpc) is 3.07. The molecule has 2 aromatic rings. The second kappa shape index (κ2) is 6.35. The summed E-state index contributed by atoms with van der Waals surface area (Å²) in [5.41, 5.74) is 0. The maximum Gasteiger partial charge on any atom is 0.227 e. The van der Waals surface area contributed by atoms with Gasteiger partial charge in [-0.1, -0.05) is 0 Å². The van der Waals surface area contributed by atoms with Crippen molar-refractivity contribution in [3.05, 3.63) is 23.9 Å². The molecule has 0 unspecified atom stereocenters. The Hall–Kier alpha value is -2.22. The molecular weight excluding hydrogens is 306 g/mol. The van der Waals surface area contributed by atoms with Gasteiger partial charge in [-0.2, -0.15) is 4.98 Å². The summed E-state index contributed by atoms with van der Waals surface area (Å²) in [7, 11) is 1.86. The van der Waals surface area contributed by atoms with Gasteiger partial charge in [0, 0.05) is 38.9 Å². The second-order valence-electron chi connectivity index (χ2n) is 6.45. The third-order valence-corrected chi connectivity index (χ3v) is 4.82. The number of anilines is 2. The maximum absolute atomic E-state index is 5.48. The molecule has 0 aliphatic carbocycles. The highest BCUT2D eigenvalue weighted by Gasteiger charge is 2.31. The van der Waals surface area contributed by atoms with Gasteiger partial charge in [-0.3, -0.25) is 0 Å². The fourth-order valence-electron chi connectivity index (χ4n) is 3.59. The number of ether oxygens (including phenoxy) is 1. The van der Waals surface area contributed by atoms with E-state index in [0.29, 0.717) is 18.5 Å². The minimum absolute atomic E-state index is 0.295. The highest BCUT2D eigenvalue weighted by molar-refractivity contribution is 5.41. The van der Waals surface area contributed by atoms with Crippen LogP contribution in [0.5, 0.6) is 0 Å². The molecule has 2 aliphatic heterocycles. The Labute approximate surface area is 141 Å². The fourth-order valence-corrected chi connectivity index (χ4v) is 3.59. The van der Waals surface area contributed by atoms with Crippen molar-refractivity contribution in [1.82, 2.24) is 24.7 Å². The number of nitrogens with zero attached hydrogens (tertiary/aromatic N) is 6. The lowest BCUT2D eigenvalue weighted by atomic mass is 9.99. The Morgan fingerprint density at radius 2 is 2.08 bits per heavy atom. The Bertz CT molecular complexity index is 710. The Morgan fingerprint density at radius 1 is 1.25 bits per heavy atom. The van der Waals surface area contributed by atoms with Crippen LogP contribution in [-0.2, 0) is 11.3 Å². The van der Waals surface area contributed by atoms with Crippen molar-refractivity contribution >= 4 is 11.8 Å². The van der Waals surface area contributed by atoms with E-state index in [1.54, 1.807) is 6.20 Å². The van der Waals surface area contributed by atoms with Crippen LogP contribution in [0.3, 0.4) is 0 Å². The molecule has 1 atom stereocenters. The summed E-state index contributed by atoms with van der Waals surface area (Å²) >= 11 is 0. The predicted molar refractivity (Wildman–Crippen MR) is 90.2 cm³/mol. The molecule has 4 heterocycles. The van der Waals surface area contributed by atoms with Crippen molar-refractivity contribution in [2.24, 2.45) is 0 Å². The summed E-state index contributed by atoms with van der Waals surface area (Å²) in [6, 6.07) is 2.16. The van der Waals surface area contributed by atoms with Gasteiger partial charge in [-0.15, -0.1) is 10.2 Å². The lowest BCUT2D eigenvalue weighted by Crippen LogP contribution is -2.38. The van der Waals surface area contributed by atoms with Crippen molar-refractivity contribution in [1.29, 1.82) is 0 Å². The molecule has 2 aromatic heterocycles. The van der Waals surface area contributed by atoms with Crippen molar-refractivity contribution in [3.8, 4) is 0 Å². The average molecular weight is 329 g/mol. The van der Waals surface area contributed by atoms with E-state index in [1.807, 2.05) is 13.1 Å². The Morgan fingerprint density at radius 3 is 2.88 bits per heavy atom. The van der Waals surface area contributed by atoms with Gasteiger partial charge in [0.2, 0.25) is 5.95 Å². The van der Waals surface area contributed by atoms with E-state index in [0.717, 1.165) is 56.0 Å². The van der Waals surface area contributed by atoms with Crippen LogP contribution >= 0.6 is 0 Å². The van der Waals surface area contributed by atoms with E-state index in [1.165, 1.54) is 0 Å². The Balaban J connectivity index is 1.60. The molecule has 24 heavy (non-hydrogen) atoms. The molecule has 1 saturated heterocycles. The highest BCUT2D eigenvalue weighted by atomic mass is 16.5. The van der Waals surface area contributed by atoms with E-state index in [4.69, 9.17) is 4.74 Å². The topological polar surface area (TPSA) is 81.0 Å². The van der Waals surface area contributed by atoms with Crippen molar-refractivity contribution in [2.45, 2.75) is 38.3 Å². The first-order valence-electron chi connectivity index (χ1n) is 8.53. The predicted octanol–water partition coefficient (Wildman–Crippen LogP) is 1.58. The van der Waals surface area contributed by atoms with Crippen molar-refractivity contribution in [3.63, 3.8) is 0 Å². The van der Waals surface area contributed by atoms with E-state index in [9.17, 15) is 0 Å². The molecule has 128 valence electrons. The van der Waals surface area contributed by atoms with Gasteiger partial charge in [0.25, 0.3) is 0 Å². The zero-order chi connectivity index (χ0) is 16.5. The van der Waals surface area contributed by atoms with Gasteiger partial charge in [0.15, 0.2) is 5.82 Å². The molecule has 2 aliphatic rings. The molecule has 4 rings (SSSR count). The molecular formula is C16H23N7O. The van der Waals surface area contributed by atoms with Crippen LogP contribution in [0.15, 0.2) is 12.3 Å². The SMILES string of the molecule is CNc1ccnc(N2Cc3nnc(C4CCOCC4)n3[C@@H](C)C2)n1. The number of hydrogen-bond donors (Lipinski definition) is 1.